The minimum atomic E-state index is -0.505. The van der Waals surface area contributed by atoms with E-state index in [2.05, 4.69) is 182 Å². The highest BCUT2D eigenvalue weighted by atomic mass is 16.5. The Labute approximate surface area is 320 Å². The maximum atomic E-state index is 6.94. The molecule has 2 spiro atoms. The van der Waals surface area contributed by atoms with Crippen molar-refractivity contribution in [1.29, 1.82) is 0 Å². The van der Waals surface area contributed by atoms with Crippen molar-refractivity contribution in [3.05, 3.63) is 232 Å². The normalized spacial score (nSPS) is 20.0. The van der Waals surface area contributed by atoms with E-state index in [-0.39, 0.29) is 0 Å². The smallest absolute Gasteiger partial charge is 0.132 e. The van der Waals surface area contributed by atoms with E-state index in [1.54, 1.807) is 0 Å². The van der Waals surface area contributed by atoms with Crippen LogP contribution < -0.4 is 4.74 Å². The van der Waals surface area contributed by atoms with Gasteiger partial charge in [-0.05, 0) is 120 Å². The molecule has 2 unspecified atom stereocenters. The maximum Gasteiger partial charge on any atom is 0.132 e. The molecule has 0 N–H and O–H groups in total. The van der Waals surface area contributed by atoms with Crippen LogP contribution in [-0.2, 0) is 10.8 Å². The number of para-hydroxylation sites is 1. The minimum absolute atomic E-state index is 0.449. The molecule has 1 nitrogen and oxygen atoms in total. The monoisotopic (exact) mass is 698 g/mol. The number of hydrogen-bond acceptors (Lipinski definition) is 1. The first-order chi connectivity index (χ1) is 27.3. The minimum Gasteiger partial charge on any atom is -0.457 e. The Bertz CT molecular complexity index is 3080. The summed E-state index contributed by atoms with van der Waals surface area (Å²) in [6.07, 6.45) is 6.90. The molecule has 0 aromatic heterocycles. The van der Waals surface area contributed by atoms with Crippen LogP contribution >= 0.6 is 0 Å². The number of ether oxygens (including phenoxy) is 1. The second-order valence-corrected chi connectivity index (χ2v) is 15.7. The van der Waals surface area contributed by atoms with E-state index in [4.69, 9.17) is 4.74 Å². The van der Waals surface area contributed by atoms with Gasteiger partial charge in [0.05, 0.1) is 10.8 Å². The molecule has 0 fully saturated rings. The first kappa shape index (κ1) is 29.7. The second-order valence-electron chi connectivity index (χ2n) is 15.7. The summed E-state index contributed by atoms with van der Waals surface area (Å²) >= 11 is 0. The number of hydrogen-bond donors (Lipinski definition) is 0. The lowest BCUT2D eigenvalue weighted by atomic mass is 9.63. The second kappa shape index (κ2) is 10.5. The average molecular weight is 699 g/mol. The fourth-order valence-electron chi connectivity index (χ4n) is 11.5. The topological polar surface area (TPSA) is 9.23 Å². The van der Waals surface area contributed by atoms with Crippen LogP contribution in [0.2, 0.25) is 0 Å². The van der Waals surface area contributed by atoms with E-state index in [1.807, 2.05) is 0 Å². The first-order valence-electron chi connectivity index (χ1n) is 19.6. The summed E-state index contributed by atoms with van der Waals surface area (Å²) < 4.78 is 6.94. The van der Waals surface area contributed by atoms with Crippen LogP contribution in [-0.4, -0.2) is 0 Å². The van der Waals surface area contributed by atoms with Crippen molar-refractivity contribution < 1.29 is 4.74 Å². The summed E-state index contributed by atoms with van der Waals surface area (Å²) in [5.74, 6) is 1.87. The van der Waals surface area contributed by atoms with E-state index in [0.717, 1.165) is 24.3 Å². The van der Waals surface area contributed by atoms with Gasteiger partial charge in [-0.2, -0.15) is 0 Å². The van der Waals surface area contributed by atoms with Crippen LogP contribution in [0.5, 0.6) is 11.5 Å². The molecule has 1 heterocycles. The molecule has 5 aliphatic rings. The standard InChI is InChI=1S/C54H34O/c1-2-15-35-33(14-1)29-31-47-51(35)41-19-6-10-24-45(41)53(47)42-21-7-3-18-39(42)40-30-28-34(32-48(40)53)36-20-13-27-50-52(36)54(46-25-11-12-26-49(46)55-50)43-22-8-4-16-37(43)38-17-5-9-23-44(38)54/h1-4,6-16,18-32H,5,17H2. The Hall–Kier alpha value is -6.70. The summed E-state index contributed by atoms with van der Waals surface area (Å²) in [5, 5.41) is 2.59. The van der Waals surface area contributed by atoms with Crippen molar-refractivity contribution in [2.24, 2.45) is 0 Å². The Balaban J connectivity index is 1.13. The Morgan fingerprint density at radius 2 is 1.09 bits per heavy atom. The zero-order valence-electron chi connectivity index (χ0n) is 30.1. The quantitative estimate of drug-likeness (QED) is 0.166. The summed E-state index contributed by atoms with van der Waals surface area (Å²) in [6.45, 7) is 0. The van der Waals surface area contributed by atoms with Gasteiger partial charge in [0.25, 0.3) is 0 Å². The summed E-state index contributed by atoms with van der Waals surface area (Å²) in [4.78, 5) is 0. The van der Waals surface area contributed by atoms with Crippen LogP contribution in [0.3, 0.4) is 0 Å². The molecule has 0 bridgehead atoms. The zero-order chi connectivity index (χ0) is 35.9. The highest BCUT2D eigenvalue weighted by Crippen LogP contribution is 2.66. The lowest BCUT2D eigenvalue weighted by molar-refractivity contribution is 0.436. The van der Waals surface area contributed by atoms with Crippen molar-refractivity contribution in [2.45, 2.75) is 23.7 Å². The van der Waals surface area contributed by atoms with Gasteiger partial charge >= 0.3 is 0 Å². The molecule has 2 atom stereocenters. The van der Waals surface area contributed by atoms with Crippen LogP contribution in [0.15, 0.2) is 188 Å². The van der Waals surface area contributed by atoms with Crippen LogP contribution in [0.4, 0.5) is 0 Å². The van der Waals surface area contributed by atoms with Gasteiger partial charge in [0.2, 0.25) is 0 Å². The van der Waals surface area contributed by atoms with Crippen molar-refractivity contribution in [3.8, 4) is 44.9 Å². The highest BCUT2D eigenvalue weighted by Gasteiger charge is 2.54. The van der Waals surface area contributed by atoms with E-state index in [9.17, 15) is 0 Å². The Kier molecular flexibility index (Phi) is 5.67. The van der Waals surface area contributed by atoms with Gasteiger partial charge in [0.1, 0.15) is 11.5 Å². The third kappa shape index (κ3) is 3.47. The molecule has 256 valence electrons. The van der Waals surface area contributed by atoms with Crippen molar-refractivity contribution in [3.63, 3.8) is 0 Å². The lowest BCUT2D eigenvalue weighted by Gasteiger charge is -2.41. The molecule has 1 aliphatic heterocycles. The van der Waals surface area contributed by atoms with E-state index < -0.39 is 10.8 Å². The van der Waals surface area contributed by atoms with E-state index in [1.165, 1.54) is 99.8 Å². The summed E-state index contributed by atoms with van der Waals surface area (Å²) in [5.41, 5.74) is 20.2. The zero-order valence-corrected chi connectivity index (χ0v) is 30.1. The number of rotatable bonds is 1. The van der Waals surface area contributed by atoms with Gasteiger partial charge in [-0.3, -0.25) is 0 Å². The third-order valence-electron chi connectivity index (χ3n) is 13.4. The van der Waals surface area contributed by atoms with Gasteiger partial charge in [-0.1, -0.05) is 164 Å². The molecule has 0 saturated heterocycles. The van der Waals surface area contributed by atoms with Gasteiger partial charge in [0.15, 0.2) is 0 Å². The van der Waals surface area contributed by atoms with Crippen LogP contribution in [0.1, 0.15) is 57.3 Å². The Morgan fingerprint density at radius 1 is 0.436 bits per heavy atom. The average Bonchev–Trinajstić information content (AvgIpc) is 3.84. The molecular weight excluding hydrogens is 665 g/mol. The largest absolute Gasteiger partial charge is 0.457 e. The van der Waals surface area contributed by atoms with Gasteiger partial charge in [-0.25, -0.2) is 0 Å². The summed E-state index contributed by atoms with van der Waals surface area (Å²) in [7, 11) is 0. The lowest BCUT2D eigenvalue weighted by Crippen LogP contribution is -2.33. The third-order valence-corrected chi connectivity index (χ3v) is 13.4. The molecule has 8 aromatic rings. The molecule has 4 aliphatic carbocycles. The number of allylic oxidation sites excluding steroid dienone is 4. The number of benzene rings is 8. The fraction of sp³-hybridized carbons (Fsp3) is 0.0741. The fourth-order valence-corrected chi connectivity index (χ4v) is 11.5. The predicted molar refractivity (Wildman–Crippen MR) is 224 cm³/mol. The molecule has 0 amide bonds. The first-order valence-corrected chi connectivity index (χ1v) is 19.6. The van der Waals surface area contributed by atoms with E-state index >= 15 is 0 Å². The molecule has 1 heteroatoms. The van der Waals surface area contributed by atoms with Crippen molar-refractivity contribution in [2.75, 3.05) is 0 Å². The molecule has 13 rings (SSSR count). The maximum absolute atomic E-state index is 6.94. The van der Waals surface area contributed by atoms with Gasteiger partial charge in [-0.15, -0.1) is 0 Å². The molecule has 0 radical (unpaired) electrons. The van der Waals surface area contributed by atoms with Crippen LogP contribution in [0.25, 0.3) is 49.7 Å². The predicted octanol–water partition coefficient (Wildman–Crippen LogP) is 13.4. The van der Waals surface area contributed by atoms with Gasteiger partial charge in [0, 0.05) is 11.1 Å². The molecule has 8 aromatic carbocycles. The molecule has 0 saturated carbocycles. The molecule has 55 heavy (non-hydrogen) atoms. The van der Waals surface area contributed by atoms with Crippen LogP contribution in [0, 0.1) is 0 Å². The SMILES string of the molecule is C1=CC2=C(CC1)c1ccccc1C21c2ccccc2Oc2cccc(-c3ccc4c(c3)C3(c5ccccc5-4)c4ccccc4-c4c3ccc3ccccc43)c21. The molecular formula is C54H34O. The summed E-state index contributed by atoms with van der Waals surface area (Å²) in [6, 6.07) is 63.8. The van der Waals surface area contributed by atoms with E-state index in [0.29, 0.717) is 0 Å². The Morgan fingerprint density at radius 3 is 1.96 bits per heavy atom. The highest BCUT2D eigenvalue weighted by molar-refractivity contribution is 6.06. The van der Waals surface area contributed by atoms with Crippen molar-refractivity contribution in [1.82, 2.24) is 0 Å². The van der Waals surface area contributed by atoms with Crippen molar-refractivity contribution >= 4 is 16.3 Å². The number of fused-ring (bicyclic) bond motifs is 20. The van der Waals surface area contributed by atoms with Gasteiger partial charge < -0.3 is 4.74 Å².